The van der Waals surface area contributed by atoms with E-state index in [-0.39, 0.29) is 5.41 Å². The summed E-state index contributed by atoms with van der Waals surface area (Å²) in [5, 5.41) is 3.86. The fourth-order valence-corrected chi connectivity index (χ4v) is 7.84. The summed E-state index contributed by atoms with van der Waals surface area (Å²) >= 11 is 0. The van der Waals surface area contributed by atoms with E-state index in [1.807, 2.05) is 0 Å². The summed E-state index contributed by atoms with van der Waals surface area (Å²) in [4.78, 5) is 0. The molecule has 2 aliphatic heterocycles. The molecule has 5 aromatic carbocycles. The molecule has 6 aromatic rings. The van der Waals surface area contributed by atoms with Crippen molar-refractivity contribution in [3.8, 4) is 33.7 Å². The SMILES string of the molecule is C1=Cc2c3n(c4ccc(-c5ccc(-c6ccc7ccccc7c6)cc5)cc24)-c2cccc4c2C2=C(C=CC23C1)CO4. The lowest BCUT2D eigenvalue weighted by molar-refractivity contribution is 0.347. The number of aromatic nitrogens is 1. The first kappa shape index (κ1) is 21.7. The molecule has 0 fully saturated rings. The van der Waals surface area contributed by atoms with Gasteiger partial charge in [0.2, 0.25) is 0 Å². The van der Waals surface area contributed by atoms with Crippen molar-refractivity contribution in [1.82, 2.24) is 4.57 Å². The van der Waals surface area contributed by atoms with Crippen molar-refractivity contribution in [3.63, 3.8) is 0 Å². The number of fused-ring (bicyclic) bond motifs is 5. The van der Waals surface area contributed by atoms with Crippen LogP contribution in [0.2, 0.25) is 0 Å². The highest BCUT2D eigenvalue weighted by Crippen LogP contribution is 2.61. The molecule has 1 unspecified atom stereocenters. The normalized spacial score (nSPS) is 19.0. The van der Waals surface area contributed by atoms with Crippen molar-refractivity contribution in [2.45, 2.75) is 11.8 Å². The molecular formula is C39H25NO. The predicted octanol–water partition coefficient (Wildman–Crippen LogP) is 9.50. The van der Waals surface area contributed by atoms with Crippen molar-refractivity contribution >= 4 is 33.3 Å². The van der Waals surface area contributed by atoms with Crippen molar-refractivity contribution < 1.29 is 4.74 Å². The fraction of sp³-hybridized carbons (Fsp3) is 0.0769. The Morgan fingerprint density at radius 2 is 1.46 bits per heavy atom. The number of nitrogens with zero attached hydrogens (tertiary/aromatic N) is 1. The zero-order chi connectivity index (χ0) is 26.7. The highest BCUT2D eigenvalue weighted by Gasteiger charge is 2.50. The van der Waals surface area contributed by atoms with Crippen molar-refractivity contribution in [2.24, 2.45) is 0 Å². The molecule has 1 aromatic heterocycles. The van der Waals surface area contributed by atoms with Crippen LogP contribution in [0.5, 0.6) is 5.75 Å². The molecule has 41 heavy (non-hydrogen) atoms. The van der Waals surface area contributed by atoms with Crippen LogP contribution in [0.1, 0.15) is 23.2 Å². The highest BCUT2D eigenvalue weighted by molar-refractivity contribution is 6.04. The second-order valence-electron chi connectivity index (χ2n) is 11.7. The summed E-state index contributed by atoms with van der Waals surface area (Å²) < 4.78 is 8.76. The van der Waals surface area contributed by atoms with E-state index in [0.717, 1.165) is 12.2 Å². The van der Waals surface area contributed by atoms with Gasteiger partial charge in [-0.15, -0.1) is 0 Å². The number of rotatable bonds is 2. The first-order valence-corrected chi connectivity index (χ1v) is 14.4. The summed E-state index contributed by atoms with van der Waals surface area (Å²) in [5.74, 6) is 1.01. The molecule has 0 saturated heterocycles. The molecule has 0 bridgehead atoms. The molecule has 0 amide bonds. The molecule has 1 spiro atoms. The number of allylic oxidation sites excluding steroid dienone is 3. The lowest BCUT2D eigenvalue weighted by Crippen LogP contribution is -2.34. The van der Waals surface area contributed by atoms with Crippen LogP contribution in [-0.4, -0.2) is 11.2 Å². The number of ether oxygens (including phenoxy) is 1. The summed E-state index contributed by atoms with van der Waals surface area (Å²) in [5.41, 5.74) is 14.2. The Hall–Kier alpha value is -5.08. The summed E-state index contributed by atoms with van der Waals surface area (Å²) in [6.45, 7) is 0.655. The maximum absolute atomic E-state index is 6.24. The zero-order valence-electron chi connectivity index (χ0n) is 22.4. The highest BCUT2D eigenvalue weighted by atomic mass is 16.5. The van der Waals surface area contributed by atoms with Crippen LogP contribution in [0.15, 0.2) is 127 Å². The van der Waals surface area contributed by atoms with E-state index in [9.17, 15) is 0 Å². The average molecular weight is 524 g/mol. The maximum atomic E-state index is 6.24. The van der Waals surface area contributed by atoms with Gasteiger partial charge in [-0.1, -0.05) is 97.1 Å². The van der Waals surface area contributed by atoms with Gasteiger partial charge in [-0.25, -0.2) is 0 Å². The first-order valence-electron chi connectivity index (χ1n) is 14.4. The van der Waals surface area contributed by atoms with Gasteiger partial charge in [-0.2, -0.15) is 0 Å². The van der Waals surface area contributed by atoms with Crippen LogP contribution >= 0.6 is 0 Å². The van der Waals surface area contributed by atoms with E-state index in [4.69, 9.17) is 4.74 Å². The standard InChI is InChI=1S/C39H25NO/c1-2-6-27-21-28(15-14-24(27)5-1)25-10-12-26(13-11-25)29-16-17-33-32(22-29)31-7-4-19-39-20-18-30-23-41-35-9-3-8-34(36(35)37(30)39)40(33)38(31)39/h1-18,20-22H,19,23H2. The van der Waals surface area contributed by atoms with E-state index in [1.54, 1.807) is 0 Å². The molecule has 2 heteroatoms. The summed E-state index contributed by atoms with van der Waals surface area (Å²) in [6.07, 6.45) is 10.5. The topological polar surface area (TPSA) is 14.2 Å². The molecule has 0 radical (unpaired) electrons. The largest absolute Gasteiger partial charge is 0.488 e. The van der Waals surface area contributed by atoms with Gasteiger partial charge in [0, 0.05) is 22.2 Å². The quantitative estimate of drug-likeness (QED) is 0.220. The minimum Gasteiger partial charge on any atom is -0.488 e. The summed E-state index contributed by atoms with van der Waals surface area (Å²) in [7, 11) is 0. The zero-order valence-corrected chi connectivity index (χ0v) is 22.4. The van der Waals surface area contributed by atoms with E-state index in [2.05, 4.69) is 132 Å². The molecular weight excluding hydrogens is 498 g/mol. The van der Waals surface area contributed by atoms with Crippen LogP contribution < -0.4 is 4.74 Å². The number of benzene rings is 5. The Kier molecular flexibility index (Phi) is 4.00. The number of hydrogen-bond donors (Lipinski definition) is 0. The van der Waals surface area contributed by atoms with Crippen LogP contribution in [0.4, 0.5) is 0 Å². The number of hydrogen-bond acceptors (Lipinski definition) is 1. The van der Waals surface area contributed by atoms with Gasteiger partial charge in [-0.3, -0.25) is 0 Å². The average Bonchev–Trinajstić information content (AvgIpc) is 3.58. The van der Waals surface area contributed by atoms with Gasteiger partial charge < -0.3 is 9.30 Å². The molecule has 0 saturated carbocycles. The Labute approximate surface area is 238 Å². The third kappa shape index (κ3) is 2.72. The van der Waals surface area contributed by atoms with Gasteiger partial charge in [-0.05, 0) is 80.9 Å². The lowest BCUT2D eigenvalue weighted by Gasteiger charge is -2.42. The van der Waals surface area contributed by atoms with Gasteiger partial charge in [0.15, 0.2) is 0 Å². The van der Waals surface area contributed by atoms with Crippen molar-refractivity contribution in [2.75, 3.05) is 6.61 Å². The third-order valence-electron chi connectivity index (χ3n) is 9.67. The Balaban J connectivity index is 1.14. The third-order valence-corrected chi connectivity index (χ3v) is 9.67. The first-order chi connectivity index (χ1) is 20.3. The molecule has 2 aliphatic carbocycles. The van der Waals surface area contributed by atoms with Crippen LogP contribution in [0.25, 0.3) is 61.3 Å². The van der Waals surface area contributed by atoms with E-state index in [1.165, 1.54) is 77.6 Å². The second kappa shape index (κ2) is 7.56. The van der Waals surface area contributed by atoms with Crippen molar-refractivity contribution in [1.29, 1.82) is 0 Å². The molecule has 1 atom stereocenters. The van der Waals surface area contributed by atoms with E-state index in [0.29, 0.717) is 6.61 Å². The van der Waals surface area contributed by atoms with E-state index >= 15 is 0 Å². The van der Waals surface area contributed by atoms with Gasteiger partial charge in [0.05, 0.1) is 16.6 Å². The molecule has 2 nitrogen and oxygen atoms in total. The van der Waals surface area contributed by atoms with Gasteiger partial charge >= 0.3 is 0 Å². The molecule has 0 N–H and O–H groups in total. The molecule has 192 valence electrons. The Morgan fingerprint density at radius 3 is 2.34 bits per heavy atom. The monoisotopic (exact) mass is 523 g/mol. The predicted molar refractivity (Wildman–Crippen MR) is 169 cm³/mol. The van der Waals surface area contributed by atoms with Crippen LogP contribution in [-0.2, 0) is 5.41 Å². The second-order valence-corrected chi connectivity index (χ2v) is 11.7. The fourth-order valence-electron chi connectivity index (χ4n) is 7.84. The van der Waals surface area contributed by atoms with Gasteiger partial charge in [0.1, 0.15) is 12.4 Å². The lowest BCUT2D eigenvalue weighted by atomic mass is 9.67. The smallest absolute Gasteiger partial charge is 0.129 e. The van der Waals surface area contributed by atoms with Crippen molar-refractivity contribution in [3.05, 3.63) is 144 Å². The maximum Gasteiger partial charge on any atom is 0.129 e. The van der Waals surface area contributed by atoms with Gasteiger partial charge in [0.25, 0.3) is 0 Å². The van der Waals surface area contributed by atoms with E-state index < -0.39 is 0 Å². The minimum absolute atomic E-state index is 0.118. The van der Waals surface area contributed by atoms with Crippen LogP contribution in [0, 0.1) is 0 Å². The minimum atomic E-state index is -0.118. The Morgan fingerprint density at radius 1 is 0.683 bits per heavy atom. The summed E-state index contributed by atoms with van der Waals surface area (Å²) in [6, 6.07) is 37.8. The molecule has 10 rings (SSSR count). The van der Waals surface area contributed by atoms with Crippen LogP contribution in [0.3, 0.4) is 0 Å². The molecule has 3 heterocycles. The molecule has 4 aliphatic rings. The Bertz CT molecular complexity index is 2220.